The van der Waals surface area contributed by atoms with Gasteiger partial charge in [0.25, 0.3) is 0 Å². The van der Waals surface area contributed by atoms with E-state index in [1.807, 2.05) is 0 Å². The maximum Gasteiger partial charge on any atom is 0.306 e. The number of esters is 7. The molecule has 0 aromatic carbocycles. The Balaban J connectivity index is 2.82. The van der Waals surface area contributed by atoms with Crippen LogP contribution < -0.4 is 0 Å². The lowest BCUT2D eigenvalue weighted by atomic mass is 9.96. The molecular formula is C36H56O19. The molecule has 2 saturated heterocycles. The summed E-state index contributed by atoms with van der Waals surface area (Å²) in [6.07, 6.45) is -18.1. The van der Waals surface area contributed by atoms with Crippen LogP contribution in [0.4, 0.5) is 0 Å². The minimum absolute atomic E-state index is 0.0245. The number of carbonyl (C=O) groups is 7. The highest BCUT2D eigenvalue weighted by Gasteiger charge is 2.57. The molecule has 2 aliphatic rings. The standard InChI is InChI=1S/C36H56O19/c1-9-21(37)45-17-19-29(49-23(39)11-3)31(51-25(41)13-5)33(53-27(43)15-7)35(47-19)55-36-34(54-28(44)16-8)32(52-26(42)14-6)30(50-24(40)12-4)20(48-36)18-46-22(38)10-2/h19-20,25,29-36,41H,9-18H2,1-8H3/t19?,20?,25?,29-,30+,31?,32?,33?,34?,35-,36+/m1/s1. The molecular weight excluding hydrogens is 736 g/mol. The van der Waals surface area contributed by atoms with Crippen molar-refractivity contribution in [3.05, 3.63) is 0 Å². The van der Waals surface area contributed by atoms with Crippen molar-refractivity contribution in [1.82, 2.24) is 0 Å². The van der Waals surface area contributed by atoms with Gasteiger partial charge in [0.05, 0.1) is 0 Å². The van der Waals surface area contributed by atoms with Crippen LogP contribution in [0.15, 0.2) is 0 Å². The highest BCUT2D eigenvalue weighted by atomic mass is 16.8. The van der Waals surface area contributed by atoms with Crippen LogP contribution in [0.2, 0.25) is 0 Å². The second-order valence-electron chi connectivity index (χ2n) is 12.3. The first kappa shape index (κ1) is 47.2. The van der Waals surface area contributed by atoms with Crippen molar-refractivity contribution in [1.29, 1.82) is 0 Å². The van der Waals surface area contributed by atoms with E-state index in [-0.39, 0.29) is 51.4 Å². The topological polar surface area (TPSA) is 241 Å². The Morgan fingerprint density at radius 1 is 0.455 bits per heavy atom. The molecule has 2 rings (SSSR count). The molecule has 0 saturated carbocycles. The number of hydrogen-bond donors (Lipinski definition) is 1. The van der Waals surface area contributed by atoms with Crippen LogP contribution >= 0.6 is 0 Å². The van der Waals surface area contributed by atoms with E-state index in [1.54, 1.807) is 20.8 Å². The largest absolute Gasteiger partial charge is 0.463 e. The summed E-state index contributed by atoms with van der Waals surface area (Å²) in [6, 6.07) is 0. The van der Waals surface area contributed by atoms with Crippen molar-refractivity contribution in [3.63, 3.8) is 0 Å². The van der Waals surface area contributed by atoms with Crippen LogP contribution in [0.3, 0.4) is 0 Å². The highest BCUT2D eigenvalue weighted by Crippen LogP contribution is 2.36. The van der Waals surface area contributed by atoms with Gasteiger partial charge in [0, 0.05) is 44.9 Å². The van der Waals surface area contributed by atoms with Gasteiger partial charge in [0.2, 0.25) is 12.6 Å². The summed E-state index contributed by atoms with van der Waals surface area (Å²) in [5.41, 5.74) is 0. The first-order chi connectivity index (χ1) is 26.2. The Morgan fingerprint density at radius 3 is 1.11 bits per heavy atom. The van der Waals surface area contributed by atoms with Gasteiger partial charge >= 0.3 is 41.8 Å². The molecule has 0 aliphatic carbocycles. The van der Waals surface area contributed by atoms with Crippen LogP contribution in [0, 0.1) is 0 Å². The number of hydrogen-bond acceptors (Lipinski definition) is 19. The van der Waals surface area contributed by atoms with Gasteiger partial charge in [-0.05, 0) is 6.42 Å². The zero-order valence-electron chi connectivity index (χ0n) is 32.7. The molecule has 55 heavy (non-hydrogen) atoms. The van der Waals surface area contributed by atoms with Gasteiger partial charge in [-0.1, -0.05) is 55.4 Å². The SMILES string of the molecule is CCC(=O)OCC1O[C@H](O[C@@H]2OC(COC(=O)CC)[C@H](OC(=O)CC)C(OC(=O)CC)C2OC(=O)CC)C(OC(=O)CC)C(OC(O)CC)[C@@H]1OC(=O)CC. The third-order valence-electron chi connectivity index (χ3n) is 8.29. The van der Waals surface area contributed by atoms with Crippen LogP contribution in [0.5, 0.6) is 0 Å². The van der Waals surface area contributed by atoms with Gasteiger partial charge in [-0.2, -0.15) is 0 Å². The summed E-state index contributed by atoms with van der Waals surface area (Å²) in [5.74, 6) is -5.22. The van der Waals surface area contributed by atoms with Gasteiger partial charge < -0.3 is 57.2 Å². The van der Waals surface area contributed by atoms with Gasteiger partial charge in [0.1, 0.15) is 31.5 Å². The lowest BCUT2D eigenvalue weighted by Crippen LogP contribution is -2.67. The van der Waals surface area contributed by atoms with Crippen molar-refractivity contribution in [2.45, 2.75) is 174 Å². The molecule has 7 unspecified atom stereocenters. The first-order valence-corrected chi connectivity index (χ1v) is 18.8. The van der Waals surface area contributed by atoms with Crippen LogP contribution in [0.25, 0.3) is 0 Å². The molecule has 0 aromatic heterocycles. The molecule has 2 fully saturated rings. The van der Waals surface area contributed by atoms with E-state index in [0.717, 1.165) is 0 Å². The fourth-order valence-electron chi connectivity index (χ4n) is 5.21. The van der Waals surface area contributed by atoms with E-state index in [9.17, 15) is 38.7 Å². The Kier molecular flexibility index (Phi) is 20.5. The van der Waals surface area contributed by atoms with Gasteiger partial charge in [-0.15, -0.1) is 0 Å². The van der Waals surface area contributed by atoms with Crippen LogP contribution in [-0.2, 0) is 85.7 Å². The van der Waals surface area contributed by atoms with Crippen LogP contribution in [0.1, 0.15) is 107 Å². The Morgan fingerprint density at radius 2 is 0.764 bits per heavy atom. The van der Waals surface area contributed by atoms with Gasteiger partial charge in [-0.25, -0.2) is 0 Å². The predicted octanol–water partition coefficient (Wildman–Crippen LogP) is 2.08. The smallest absolute Gasteiger partial charge is 0.306 e. The monoisotopic (exact) mass is 792 g/mol. The van der Waals surface area contributed by atoms with E-state index in [0.29, 0.717) is 0 Å². The second-order valence-corrected chi connectivity index (χ2v) is 12.3. The Hall–Kier alpha value is -3.91. The lowest BCUT2D eigenvalue weighted by Gasteiger charge is -2.48. The molecule has 2 aliphatic heterocycles. The molecule has 314 valence electrons. The average molecular weight is 793 g/mol. The third-order valence-corrected chi connectivity index (χ3v) is 8.29. The van der Waals surface area contributed by atoms with E-state index >= 15 is 0 Å². The number of carbonyl (C=O) groups excluding carboxylic acids is 7. The Bertz CT molecular complexity index is 1290. The minimum atomic E-state index is -1.81. The van der Waals surface area contributed by atoms with Gasteiger partial charge in [-0.3, -0.25) is 33.6 Å². The second kappa shape index (κ2) is 23.9. The first-order valence-electron chi connectivity index (χ1n) is 18.8. The summed E-state index contributed by atoms with van der Waals surface area (Å²) in [5, 5.41) is 10.7. The zero-order chi connectivity index (χ0) is 41.2. The van der Waals surface area contributed by atoms with Crippen molar-refractivity contribution >= 4 is 41.8 Å². The van der Waals surface area contributed by atoms with E-state index < -0.39 is 123 Å². The third kappa shape index (κ3) is 14.3. The predicted molar refractivity (Wildman–Crippen MR) is 183 cm³/mol. The maximum absolute atomic E-state index is 12.9. The molecule has 0 spiro atoms. The summed E-state index contributed by atoms with van der Waals surface area (Å²) in [7, 11) is 0. The zero-order valence-corrected chi connectivity index (χ0v) is 32.7. The summed E-state index contributed by atoms with van der Waals surface area (Å²) in [6.45, 7) is 11.1. The van der Waals surface area contributed by atoms with Crippen LogP contribution in [-0.4, -0.2) is 128 Å². The molecule has 19 heteroatoms. The van der Waals surface area contributed by atoms with Crippen molar-refractivity contribution in [2.24, 2.45) is 0 Å². The quantitative estimate of drug-likeness (QED) is 0.0994. The normalized spacial score (nSPS) is 28.2. The number of aliphatic hydroxyl groups is 1. The van der Waals surface area contributed by atoms with E-state index in [2.05, 4.69) is 0 Å². The van der Waals surface area contributed by atoms with E-state index in [1.165, 1.54) is 34.6 Å². The highest BCUT2D eigenvalue weighted by molar-refractivity contribution is 5.72. The van der Waals surface area contributed by atoms with E-state index in [4.69, 9.17) is 52.1 Å². The molecule has 11 atom stereocenters. The minimum Gasteiger partial charge on any atom is -0.463 e. The summed E-state index contributed by atoms with van der Waals surface area (Å²) in [4.78, 5) is 88.6. The van der Waals surface area contributed by atoms with Gasteiger partial charge in [0.15, 0.2) is 36.8 Å². The van der Waals surface area contributed by atoms with Crippen molar-refractivity contribution in [3.8, 4) is 0 Å². The summed E-state index contributed by atoms with van der Waals surface area (Å²) < 4.78 is 63.8. The summed E-state index contributed by atoms with van der Waals surface area (Å²) >= 11 is 0. The van der Waals surface area contributed by atoms with Crippen molar-refractivity contribution in [2.75, 3.05) is 13.2 Å². The molecule has 0 bridgehead atoms. The molecule has 19 nitrogen and oxygen atoms in total. The number of aliphatic hydroxyl groups excluding tert-OH is 1. The molecule has 0 amide bonds. The lowest BCUT2D eigenvalue weighted by molar-refractivity contribution is -0.384. The fourth-order valence-corrected chi connectivity index (χ4v) is 5.21. The molecule has 0 aromatic rings. The number of rotatable bonds is 21. The molecule has 2 heterocycles. The van der Waals surface area contributed by atoms with Crippen molar-refractivity contribution < 1.29 is 90.8 Å². The molecule has 1 N–H and O–H groups in total. The Labute approximate surface area is 320 Å². The number of ether oxygens (including phenoxy) is 11. The fraction of sp³-hybridized carbons (Fsp3) is 0.806. The molecule has 0 radical (unpaired) electrons. The maximum atomic E-state index is 12.9. The average Bonchev–Trinajstić information content (AvgIpc) is 3.19.